The second-order valence-corrected chi connectivity index (χ2v) is 6.55. The molecule has 2 aromatic heterocycles. The Morgan fingerprint density at radius 1 is 1.17 bits per heavy atom. The Hall–Kier alpha value is -1.84. The van der Waals surface area contributed by atoms with E-state index in [0.29, 0.717) is 12.0 Å². The Kier molecular flexibility index (Phi) is 4.99. The van der Waals surface area contributed by atoms with Gasteiger partial charge in [-0.05, 0) is 43.0 Å². The van der Waals surface area contributed by atoms with Crippen LogP contribution in [0.3, 0.4) is 0 Å². The third-order valence-electron chi connectivity index (χ3n) is 4.49. The fourth-order valence-corrected chi connectivity index (χ4v) is 3.00. The predicted octanol–water partition coefficient (Wildman–Crippen LogP) is 4.57. The van der Waals surface area contributed by atoms with Crippen LogP contribution in [-0.4, -0.2) is 16.0 Å². The molecule has 2 N–H and O–H groups in total. The Morgan fingerprint density at radius 2 is 2.00 bits per heavy atom. The van der Waals surface area contributed by atoms with Crippen LogP contribution in [0, 0.1) is 5.92 Å². The van der Waals surface area contributed by atoms with E-state index in [0.717, 1.165) is 34.8 Å². The van der Waals surface area contributed by atoms with E-state index in [1.165, 1.54) is 5.39 Å². The first-order valence-corrected chi connectivity index (χ1v) is 8.40. The minimum Gasteiger partial charge on any atom is -0.360 e. The maximum atomic E-state index is 6.22. The van der Waals surface area contributed by atoms with Gasteiger partial charge < -0.3 is 10.3 Å². The van der Waals surface area contributed by atoms with Crippen molar-refractivity contribution >= 4 is 22.5 Å². The van der Waals surface area contributed by atoms with Crippen LogP contribution in [0.4, 0.5) is 0 Å². The van der Waals surface area contributed by atoms with Gasteiger partial charge in [-0.3, -0.25) is 4.98 Å². The van der Waals surface area contributed by atoms with Crippen LogP contribution in [0.15, 0.2) is 48.8 Å². The van der Waals surface area contributed by atoms with Crippen molar-refractivity contribution in [2.75, 3.05) is 0 Å². The maximum Gasteiger partial charge on any atom is 0.0673 e. The van der Waals surface area contributed by atoms with Gasteiger partial charge in [0.2, 0.25) is 0 Å². The van der Waals surface area contributed by atoms with Gasteiger partial charge in [-0.15, -0.1) is 0 Å². The molecular formula is C19H22ClN3. The number of halogens is 1. The molecule has 23 heavy (non-hydrogen) atoms. The molecule has 2 heterocycles. The first kappa shape index (κ1) is 16.0. The summed E-state index contributed by atoms with van der Waals surface area (Å²) < 4.78 is 0. The zero-order chi connectivity index (χ0) is 16.2. The standard InChI is InChI=1S/C19H22ClN3/c1-13(11-18-19-15(7-9-21-18)8-10-22-19)14(2)23-12-16-5-3-4-6-17(16)20/h3-10,13-14,22-23H,11-12H2,1-2H3. The van der Waals surface area contributed by atoms with E-state index in [9.17, 15) is 0 Å². The minimum absolute atomic E-state index is 0.373. The lowest BCUT2D eigenvalue weighted by molar-refractivity contribution is 0.395. The summed E-state index contributed by atoms with van der Waals surface area (Å²) in [6, 6.07) is 12.5. The van der Waals surface area contributed by atoms with Crippen LogP contribution < -0.4 is 5.32 Å². The molecule has 2 unspecified atom stereocenters. The molecule has 4 heteroatoms. The number of fused-ring (bicyclic) bond motifs is 1. The van der Waals surface area contributed by atoms with E-state index in [1.807, 2.05) is 36.7 Å². The normalized spacial score (nSPS) is 14.0. The van der Waals surface area contributed by atoms with Gasteiger partial charge >= 0.3 is 0 Å². The van der Waals surface area contributed by atoms with Crippen molar-refractivity contribution in [1.82, 2.24) is 15.3 Å². The van der Waals surface area contributed by atoms with Crippen LogP contribution in [0.2, 0.25) is 5.02 Å². The van der Waals surface area contributed by atoms with E-state index in [4.69, 9.17) is 11.6 Å². The number of rotatable bonds is 6. The van der Waals surface area contributed by atoms with E-state index in [1.54, 1.807) is 0 Å². The summed E-state index contributed by atoms with van der Waals surface area (Å²) in [5.41, 5.74) is 3.42. The van der Waals surface area contributed by atoms with E-state index in [-0.39, 0.29) is 0 Å². The van der Waals surface area contributed by atoms with Crippen molar-refractivity contribution in [1.29, 1.82) is 0 Å². The number of nitrogens with zero attached hydrogens (tertiary/aromatic N) is 1. The first-order chi connectivity index (χ1) is 11.1. The molecule has 3 aromatic rings. The molecule has 0 aliphatic carbocycles. The van der Waals surface area contributed by atoms with E-state index >= 15 is 0 Å². The third-order valence-corrected chi connectivity index (χ3v) is 4.86. The second kappa shape index (κ2) is 7.16. The molecule has 0 saturated carbocycles. The van der Waals surface area contributed by atoms with Gasteiger partial charge in [-0.1, -0.05) is 36.7 Å². The van der Waals surface area contributed by atoms with E-state index < -0.39 is 0 Å². The average molecular weight is 328 g/mol. The number of aromatic amines is 1. The monoisotopic (exact) mass is 327 g/mol. The Morgan fingerprint density at radius 3 is 2.83 bits per heavy atom. The summed E-state index contributed by atoms with van der Waals surface area (Å²) in [5, 5.41) is 5.62. The lowest BCUT2D eigenvalue weighted by atomic mass is 9.96. The summed E-state index contributed by atoms with van der Waals surface area (Å²) in [5.74, 6) is 0.471. The van der Waals surface area contributed by atoms with Crippen molar-refractivity contribution in [2.24, 2.45) is 5.92 Å². The predicted molar refractivity (Wildman–Crippen MR) is 96.7 cm³/mol. The fraction of sp³-hybridized carbons (Fsp3) is 0.316. The van der Waals surface area contributed by atoms with Crippen LogP contribution in [0.5, 0.6) is 0 Å². The van der Waals surface area contributed by atoms with Gasteiger partial charge in [0, 0.05) is 35.4 Å². The molecule has 3 rings (SSSR count). The minimum atomic E-state index is 0.373. The summed E-state index contributed by atoms with van der Waals surface area (Å²) in [6.45, 7) is 5.26. The zero-order valence-electron chi connectivity index (χ0n) is 13.5. The summed E-state index contributed by atoms with van der Waals surface area (Å²) in [7, 11) is 0. The number of aromatic nitrogens is 2. The van der Waals surface area contributed by atoms with Gasteiger partial charge in [0.25, 0.3) is 0 Å². The van der Waals surface area contributed by atoms with Crippen molar-refractivity contribution in [2.45, 2.75) is 32.9 Å². The molecule has 2 atom stereocenters. The number of pyridine rings is 1. The number of nitrogens with one attached hydrogen (secondary N) is 2. The lowest BCUT2D eigenvalue weighted by Gasteiger charge is -2.21. The van der Waals surface area contributed by atoms with Crippen molar-refractivity contribution < 1.29 is 0 Å². The lowest BCUT2D eigenvalue weighted by Crippen LogP contribution is -2.33. The Labute approximate surface area is 142 Å². The quantitative estimate of drug-likeness (QED) is 0.696. The molecule has 0 radical (unpaired) electrons. The topological polar surface area (TPSA) is 40.7 Å². The number of benzene rings is 1. The summed E-state index contributed by atoms with van der Waals surface area (Å²) in [6.07, 6.45) is 4.80. The van der Waals surface area contributed by atoms with Gasteiger partial charge in [-0.2, -0.15) is 0 Å². The second-order valence-electron chi connectivity index (χ2n) is 6.14. The van der Waals surface area contributed by atoms with Gasteiger partial charge in [0.05, 0.1) is 11.2 Å². The Balaban J connectivity index is 1.62. The largest absolute Gasteiger partial charge is 0.360 e. The Bertz CT molecular complexity index is 781. The highest BCUT2D eigenvalue weighted by Crippen LogP contribution is 2.20. The summed E-state index contributed by atoms with van der Waals surface area (Å²) >= 11 is 6.22. The molecule has 1 aromatic carbocycles. The van der Waals surface area contributed by atoms with Crippen molar-refractivity contribution in [3.05, 3.63) is 65.1 Å². The molecule has 0 bridgehead atoms. The van der Waals surface area contributed by atoms with Crippen molar-refractivity contribution in [3.63, 3.8) is 0 Å². The van der Waals surface area contributed by atoms with Crippen LogP contribution in [-0.2, 0) is 13.0 Å². The van der Waals surface area contributed by atoms with Crippen LogP contribution in [0.25, 0.3) is 10.9 Å². The van der Waals surface area contributed by atoms with Crippen molar-refractivity contribution in [3.8, 4) is 0 Å². The third kappa shape index (κ3) is 3.74. The van der Waals surface area contributed by atoms with Crippen LogP contribution in [0.1, 0.15) is 25.1 Å². The van der Waals surface area contributed by atoms with Gasteiger partial charge in [-0.25, -0.2) is 0 Å². The molecular weight excluding hydrogens is 306 g/mol. The highest BCUT2D eigenvalue weighted by Gasteiger charge is 2.15. The fourth-order valence-electron chi connectivity index (χ4n) is 2.79. The molecule has 0 spiro atoms. The van der Waals surface area contributed by atoms with Gasteiger partial charge in [0.1, 0.15) is 0 Å². The molecule has 0 saturated heterocycles. The maximum absolute atomic E-state index is 6.22. The SMILES string of the molecule is CC(Cc1nccc2cc[nH]c12)C(C)NCc1ccccc1Cl. The molecule has 120 valence electrons. The molecule has 0 fully saturated rings. The zero-order valence-corrected chi connectivity index (χ0v) is 14.3. The molecule has 0 aliphatic rings. The highest BCUT2D eigenvalue weighted by atomic mass is 35.5. The number of hydrogen-bond acceptors (Lipinski definition) is 2. The van der Waals surface area contributed by atoms with Gasteiger partial charge in [0.15, 0.2) is 0 Å². The average Bonchev–Trinajstić information content (AvgIpc) is 3.03. The first-order valence-electron chi connectivity index (χ1n) is 8.03. The van der Waals surface area contributed by atoms with E-state index in [2.05, 4.69) is 41.3 Å². The smallest absolute Gasteiger partial charge is 0.0673 e. The number of hydrogen-bond donors (Lipinski definition) is 2. The molecule has 0 aliphatic heterocycles. The summed E-state index contributed by atoms with van der Waals surface area (Å²) in [4.78, 5) is 7.85. The molecule has 3 nitrogen and oxygen atoms in total. The highest BCUT2D eigenvalue weighted by molar-refractivity contribution is 6.31. The number of H-pyrrole nitrogens is 1. The molecule has 0 amide bonds. The van der Waals surface area contributed by atoms with Crippen LogP contribution >= 0.6 is 11.6 Å².